The van der Waals surface area contributed by atoms with Gasteiger partial charge in [-0.3, -0.25) is 4.79 Å². The van der Waals surface area contributed by atoms with E-state index in [4.69, 9.17) is 26.3 Å². The molecule has 3 aromatic rings. The lowest BCUT2D eigenvalue weighted by Crippen LogP contribution is -2.36. The maximum absolute atomic E-state index is 12.2. The van der Waals surface area contributed by atoms with Crippen molar-refractivity contribution < 1.29 is 9.53 Å². The first kappa shape index (κ1) is 26.5. The fourth-order valence-corrected chi connectivity index (χ4v) is 7.57. The number of rotatable bonds is 6. The van der Waals surface area contributed by atoms with Crippen molar-refractivity contribution >= 4 is 39.8 Å². The molecule has 1 aromatic heterocycles. The van der Waals surface area contributed by atoms with Gasteiger partial charge in [-0.15, -0.1) is 0 Å². The predicted molar refractivity (Wildman–Crippen MR) is 163 cm³/mol. The van der Waals surface area contributed by atoms with E-state index in [1.807, 2.05) is 17.0 Å². The molecule has 8 nitrogen and oxygen atoms in total. The van der Waals surface area contributed by atoms with Gasteiger partial charge in [0.1, 0.15) is 12.4 Å². The number of anilines is 2. The van der Waals surface area contributed by atoms with Crippen LogP contribution in [0.1, 0.15) is 24.1 Å². The maximum atomic E-state index is 12.2. The second kappa shape index (κ2) is 10.8. The first-order valence-electron chi connectivity index (χ1n) is 14.8. The molecule has 4 aliphatic rings. The van der Waals surface area contributed by atoms with Crippen molar-refractivity contribution in [3.8, 4) is 6.01 Å². The molecule has 0 spiro atoms. The third-order valence-corrected chi connectivity index (χ3v) is 9.86. The van der Waals surface area contributed by atoms with Gasteiger partial charge in [0, 0.05) is 67.2 Å². The summed E-state index contributed by atoms with van der Waals surface area (Å²) in [4.78, 5) is 31.4. The van der Waals surface area contributed by atoms with Gasteiger partial charge in [-0.1, -0.05) is 42.4 Å². The van der Waals surface area contributed by atoms with Crippen LogP contribution in [0.15, 0.2) is 49.1 Å². The summed E-state index contributed by atoms with van der Waals surface area (Å²) in [5.41, 5.74) is 3.38. The zero-order valence-corrected chi connectivity index (χ0v) is 24.4. The third-order valence-electron chi connectivity index (χ3n) is 9.54. The van der Waals surface area contributed by atoms with Gasteiger partial charge in [-0.25, -0.2) is 0 Å². The van der Waals surface area contributed by atoms with Crippen LogP contribution in [0.3, 0.4) is 0 Å². The second-order valence-corrected chi connectivity index (χ2v) is 12.4. The summed E-state index contributed by atoms with van der Waals surface area (Å²) in [5, 5.41) is 2.99. The normalized spacial score (nSPS) is 24.1. The number of nitrogens with zero attached hydrogens (tertiary/aromatic N) is 6. The molecule has 7 rings (SSSR count). The fraction of sp³-hybridized carbons (Fsp3) is 0.469. The van der Waals surface area contributed by atoms with Crippen molar-refractivity contribution in [2.24, 2.45) is 11.8 Å². The number of hydrogen-bond donors (Lipinski definition) is 0. The zero-order chi connectivity index (χ0) is 28.1. The lowest BCUT2D eigenvalue weighted by Gasteiger charge is -2.34. The molecule has 0 saturated carbocycles. The Hall–Kier alpha value is -3.36. The van der Waals surface area contributed by atoms with E-state index in [9.17, 15) is 4.79 Å². The van der Waals surface area contributed by atoms with Gasteiger partial charge in [0.05, 0.1) is 17.3 Å². The van der Waals surface area contributed by atoms with Gasteiger partial charge < -0.3 is 24.3 Å². The lowest BCUT2D eigenvalue weighted by atomic mass is 10.0. The summed E-state index contributed by atoms with van der Waals surface area (Å²) >= 11 is 6.71. The highest BCUT2D eigenvalue weighted by atomic mass is 35.5. The summed E-state index contributed by atoms with van der Waals surface area (Å²) in [6, 6.07) is 13.3. The van der Waals surface area contributed by atoms with Gasteiger partial charge in [0.15, 0.2) is 0 Å². The molecule has 3 fully saturated rings. The molecule has 0 N–H and O–H groups in total. The minimum Gasteiger partial charge on any atom is -0.462 e. The van der Waals surface area contributed by atoms with Crippen molar-refractivity contribution in [2.75, 3.05) is 62.7 Å². The molecule has 0 unspecified atom stereocenters. The van der Waals surface area contributed by atoms with Crippen molar-refractivity contribution in [2.45, 2.75) is 31.8 Å². The van der Waals surface area contributed by atoms with Crippen molar-refractivity contribution in [1.29, 1.82) is 0 Å². The van der Waals surface area contributed by atoms with Gasteiger partial charge in [-0.05, 0) is 56.4 Å². The monoisotopic (exact) mass is 572 g/mol. The number of amides is 1. The molecule has 0 bridgehead atoms. The number of carbonyl (C=O) groups is 1. The second-order valence-electron chi connectivity index (χ2n) is 12.0. The Morgan fingerprint density at radius 2 is 1.85 bits per heavy atom. The number of carbonyl (C=O) groups excluding carboxylic acids is 1. The Labute approximate surface area is 246 Å². The smallest absolute Gasteiger partial charge is 0.318 e. The highest BCUT2D eigenvalue weighted by molar-refractivity contribution is 6.36. The molecule has 41 heavy (non-hydrogen) atoms. The van der Waals surface area contributed by atoms with Crippen LogP contribution in [0.5, 0.6) is 6.01 Å². The summed E-state index contributed by atoms with van der Waals surface area (Å²) in [7, 11) is 2.16. The van der Waals surface area contributed by atoms with Gasteiger partial charge in [-0.2, -0.15) is 9.97 Å². The third kappa shape index (κ3) is 4.91. The molecular formula is C32H37ClN6O2. The molecule has 214 valence electrons. The number of likely N-dealkylation sites (N-methyl/N-ethyl adjacent to an activating group) is 1. The minimum absolute atomic E-state index is 0.0339. The first-order chi connectivity index (χ1) is 20.0. The van der Waals surface area contributed by atoms with E-state index in [0.717, 1.165) is 85.1 Å². The minimum atomic E-state index is 0.0339. The van der Waals surface area contributed by atoms with E-state index in [-0.39, 0.29) is 5.91 Å². The number of fused-ring (bicyclic) bond motifs is 3. The molecule has 0 radical (unpaired) electrons. The van der Waals surface area contributed by atoms with Crippen LogP contribution in [0.25, 0.3) is 10.8 Å². The van der Waals surface area contributed by atoms with Crippen molar-refractivity contribution in [1.82, 2.24) is 19.8 Å². The summed E-state index contributed by atoms with van der Waals surface area (Å²) in [5.74, 6) is 1.93. The quantitative estimate of drug-likeness (QED) is 0.406. The van der Waals surface area contributed by atoms with Crippen LogP contribution in [0.4, 0.5) is 11.5 Å². The molecule has 2 aromatic carbocycles. The summed E-state index contributed by atoms with van der Waals surface area (Å²) in [6.07, 6.45) is 4.62. The molecule has 1 amide bonds. The van der Waals surface area contributed by atoms with Crippen LogP contribution in [0.2, 0.25) is 5.02 Å². The van der Waals surface area contributed by atoms with Crippen molar-refractivity contribution in [3.05, 3.63) is 65.3 Å². The van der Waals surface area contributed by atoms with Crippen LogP contribution in [-0.2, 0) is 17.8 Å². The topological polar surface area (TPSA) is 65.0 Å². The highest BCUT2D eigenvalue weighted by Crippen LogP contribution is 2.39. The average Bonchev–Trinajstić information content (AvgIpc) is 3.70. The SMILES string of the molecule is C=CC(=O)N1C[C@@H]2CN(c3nc(OC[C@@H]4CCCN4C)nc4c3CCN(c3cccc5cccc(Cl)c35)C4)C[C@H]2C1. The molecular weight excluding hydrogens is 536 g/mol. The Morgan fingerprint density at radius 1 is 1.07 bits per heavy atom. The molecule has 9 heteroatoms. The van der Waals surface area contributed by atoms with Crippen LogP contribution < -0.4 is 14.5 Å². The van der Waals surface area contributed by atoms with E-state index in [1.165, 1.54) is 18.1 Å². The number of aromatic nitrogens is 2. The van der Waals surface area contributed by atoms with E-state index in [0.29, 0.717) is 37.0 Å². The van der Waals surface area contributed by atoms with E-state index >= 15 is 0 Å². The van der Waals surface area contributed by atoms with Crippen LogP contribution >= 0.6 is 11.6 Å². The Kier molecular flexibility index (Phi) is 6.99. The fourth-order valence-electron chi connectivity index (χ4n) is 7.30. The van der Waals surface area contributed by atoms with Gasteiger partial charge in [0.2, 0.25) is 5.91 Å². The number of halogens is 1. The Balaban J connectivity index is 1.19. The molecule has 3 saturated heterocycles. The molecule has 3 atom stereocenters. The van der Waals surface area contributed by atoms with E-state index in [2.05, 4.69) is 52.6 Å². The first-order valence-corrected chi connectivity index (χ1v) is 15.2. The van der Waals surface area contributed by atoms with E-state index in [1.54, 1.807) is 0 Å². The number of likely N-dealkylation sites (tertiary alicyclic amines) is 2. The maximum Gasteiger partial charge on any atom is 0.318 e. The van der Waals surface area contributed by atoms with Gasteiger partial charge >= 0.3 is 6.01 Å². The standard InChI is InChI=1S/C32H37ClN6O2/c1-3-29(40)38-15-22-17-39(18-23(22)16-38)31-25-12-14-37(28-11-5-8-21-7-4-10-26(33)30(21)28)19-27(25)34-32(35-31)41-20-24-9-6-13-36(24)2/h3-5,7-8,10-11,22-24H,1,6,9,12-20H2,2H3/t22-,23-,24+/m1/s1. The zero-order valence-electron chi connectivity index (χ0n) is 23.6. The molecule has 0 aliphatic carbocycles. The Morgan fingerprint density at radius 3 is 2.59 bits per heavy atom. The number of benzene rings is 2. The average molecular weight is 573 g/mol. The molecule has 4 aliphatic heterocycles. The number of hydrogen-bond acceptors (Lipinski definition) is 7. The Bertz CT molecular complexity index is 1480. The summed E-state index contributed by atoms with van der Waals surface area (Å²) < 4.78 is 6.32. The predicted octanol–water partition coefficient (Wildman–Crippen LogP) is 4.40. The number of ether oxygens (including phenoxy) is 1. The van der Waals surface area contributed by atoms with E-state index < -0.39 is 0 Å². The largest absolute Gasteiger partial charge is 0.462 e. The van der Waals surface area contributed by atoms with Crippen LogP contribution in [0, 0.1) is 11.8 Å². The summed E-state index contributed by atoms with van der Waals surface area (Å²) in [6.45, 7) is 10.3. The van der Waals surface area contributed by atoms with Crippen LogP contribution in [-0.4, -0.2) is 84.6 Å². The molecule has 5 heterocycles. The van der Waals surface area contributed by atoms with Crippen molar-refractivity contribution in [3.63, 3.8) is 0 Å². The van der Waals surface area contributed by atoms with Gasteiger partial charge in [0.25, 0.3) is 0 Å². The highest BCUT2D eigenvalue weighted by Gasteiger charge is 2.42. The lowest BCUT2D eigenvalue weighted by molar-refractivity contribution is -0.125.